The predicted octanol–water partition coefficient (Wildman–Crippen LogP) is 2.16. The van der Waals surface area contributed by atoms with Crippen molar-refractivity contribution in [1.29, 1.82) is 0 Å². The van der Waals surface area contributed by atoms with Gasteiger partial charge in [0.2, 0.25) is 0 Å². The third kappa shape index (κ3) is 2.31. The van der Waals surface area contributed by atoms with Crippen LogP contribution >= 0.6 is 0 Å². The van der Waals surface area contributed by atoms with Gasteiger partial charge in [0.25, 0.3) is 0 Å². The van der Waals surface area contributed by atoms with Crippen LogP contribution in [0.3, 0.4) is 0 Å². The Balaban J connectivity index is 1.85. The molecule has 0 saturated heterocycles. The molecule has 0 N–H and O–H groups in total. The van der Waals surface area contributed by atoms with Gasteiger partial charge in [-0.15, -0.1) is 0 Å². The van der Waals surface area contributed by atoms with Crippen molar-refractivity contribution in [3.8, 4) is 0 Å². The van der Waals surface area contributed by atoms with Crippen LogP contribution in [0.1, 0.15) is 13.7 Å². The van der Waals surface area contributed by atoms with Crippen LogP contribution in [0.5, 0.6) is 0 Å². The molecule has 0 aliphatic carbocycles. The van der Waals surface area contributed by atoms with Crippen LogP contribution in [0.15, 0.2) is 52.4 Å². The molecule has 0 spiro atoms. The third-order valence-corrected chi connectivity index (χ3v) is 10.4. The average Bonchev–Trinajstić information content (AvgIpc) is 3.03. The molecule has 0 radical (unpaired) electrons. The molecule has 1 aliphatic heterocycles. The zero-order valence-electron chi connectivity index (χ0n) is 8.50. The van der Waals surface area contributed by atoms with Crippen molar-refractivity contribution in [3.05, 3.63) is 61.2 Å². The van der Waals surface area contributed by atoms with E-state index >= 15 is 0 Å². The Bertz CT molecular complexity index is 503. The molecule has 3 rings (SSSR count). The first-order chi connectivity index (χ1) is 7.93. The molecule has 0 nitrogen and oxygen atoms in total. The fourth-order valence-electron chi connectivity index (χ4n) is 1.62. The van der Waals surface area contributed by atoms with E-state index < -0.39 is 0 Å². The van der Waals surface area contributed by atoms with E-state index in [-0.39, 0.29) is 0 Å². The van der Waals surface area contributed by atoms with Crippen LogP contribution in [0.2, 0.25) is 0 Å². The van der Waals surface area contributed by atoms with Crippen molar-refractivity contribution >= 4 is 48.4 Å². The van der Waals surface area contributed by atoms with Gasteiger partial charge in [-0.25, -0.2) is 0 Å². The zero-order chi connectivity index (χ0) is 10.8. The first-order valence-electron chi connectivity index (χ1n) is 5.06. The molecule has 3 heteroatoms. The second-order valence-electron chi connectivity index (χ2n) is 3.45. The van der Waals surface area contributed by atoms with E-state index in [1.165, 1.54) is 0 Å². The van der Waals surface area contributed by atoms with Crippen molar-refractivity contribution in [3.63, 3.8) is 0 Å². The predicted molar refractivity (Wildman–Crippen MR) is 72.4 cm³/mol. The fraction of sp³-hybridized carbons (Fsp3) is 0.0769. The summed E-state index contributed by atoms with van der Waals surface area (Å²) in [6.45, 7) is 0. The first-order valence-corrected chi connectivity index (χ1v) is 10.6. The molecule has 0 aromatic carbocycles. The van der Waals surface area contributed by atoms with Gasteiger partial charge in [-0.2, -0.15) is 0 Å². The third-order valence-electron chi connectivity index (χ3n) is 2.38. The van der Waals surface area contributed by atoms with E-state index in [4.69, 9.17) is 0 Å². The van der Waals surface area contributed by atoms with Crippen molar-refractivity contribution in [2.24, 2.45) is 0 Å². The molecule has 0 bridgehead atoms. The Hall–Kier alpha value is -0.00156. The topological polar surface area (TPSA) is 0 Å². The van der Waals surface area contributed by atoms with Crippen LogP contribution in [0.25, 0.3) is 4.47 Å². The van der Waals surface area contributed by atoms with E-state index in [2.05, 4.69) is 52.4 Å². The molecule has 0 fully saturated rings. The molecule has 2 aromatic heterocycles. The maximum absolute atomic E-state index is 2.39. The Morgan fingerprint density at radius 3 is 2.62 bits per heavy atom. The molecular weight excluding hydrogens is 393 g/mol. The Kier molecular flexibility index (Phi) is 3.54. The number of hydrogen-bond acceptors (Lipinski definition) is 0. The Morgan fingerprint density at radius 2 is 1.88 bits per heavy atom. The van der Waals surface area contributed by atoms with Crippen molar-refractivity contribution in [2.45, 2.75) is 4.82 Å². The Labute approximate surface area is 114 Å². The fourth-order valence-corrected chi connectivity index (χ4v) is 8.65. The van der Waals surface area contributed by atoms with Crippen molar-refractivity contribution in [1.82, 2.24) is 0 Å². The molecule has 2 aromatic rings. The van der Waals surface area contributed by atoms with Gasteiger partial charge < -0.3 is 0 Å². The van der Waals surface area contributed by atoms with E-state index in [0.717, 1.165) is 4.82 Å². The maximum atomic E-state index is 2.39. The van der Waals surface area contributed by atoms with Gasteiger partial charge >= 0.3 is 115 Å². The summed E-state index contributed by atoms with van der Waals surface area (Å²) in [7, 11) is 0. The van der Waals surface area contributed by atoms with Crippen LogP contribution in [0, 0.1) is 0 Å². The van der Waals surface area contributed by atoms with Gasteiger partial charge in [0.15, 0.2) is 0 Å². The Morgan fingerprint density at radius 1 is 1.00 bits per heavy atom. The molecule has 0 saturated carbocycles. The second-order valence-corrected chi connectivity index (χ2v) is 9.97. The molecule has 1 unspecified atom stereocenters. The summed E-state index contributed by atoms with van der Waals surface area (Å²) in [6, 6.07) is 9.06. The van der Waals surface area contributed by atoms with E-state index in [9.17, 15) is 0 Å². The van der Waals surface area contributed by atoms with Crippen LogP contribution in [-0.4, -0.2) is 44.0 Å². The molecule has 16 heavy (non-hydrogen) atoms. The molecule has 80 valence electrons. The molecule has 1 atom stereocenters. The monoisotopic (exact) mass is 406 g/mol. The van der Waals surface area contributed by atoms with Gasteiger partial charge in [0.05, 0.1) is 0 Å². The average molecular weight is 403 g/mol. The summed E-state index contributed by atoms with van der Waals surface area (Å²) in [6.07, 6.45) is 6.97. The number of hydrogen-bond donors (Lipinski definition) is 0. The van der Waals surface area contributed by atoms with E-state index in [0.29, 0.717) is 44.0 Å². The van der Waals surface area contributed by atoms with Crippen LogP contribution in [-0.2, 0) is 0 Å². The van der Waals surface area contributed by atoms with Gasteiger partial charge in [0, 0.05) is 0 Å². The van der Waals surface area contributed by atoms with Crippen LogP contribution < -0.4 is 0 Å². The first kappa shape index (κ1) is 11.1. The molecular formula is C13H10Se3. The van der Waals surface area contributed by atoms with Gasteiger partial charge in [-0.1, -0.05) is 0 Å². The van der Waals surface area contributed by atoms with E-state index in [1.54, 1.807) is 13.3 Å². The normalized spacial score (nSPS) is 19.8. The zero-order valence-corrected chi connectivity index (χ0v) is 13.6. The van der Waals surface area contributed by atoms with Crippen molar-refractivity contribution < 1.29 is 0 Å². The second kappa shape index (κ2) is 5.10. The summed E-state index contributed by atoms with van der Waals surface area (Å²) in [5.74, 6) is 0. The van der Waals surface area contributed by atoms with E-state index in [1.807, 2.05) is 0 Å². The quantitative estimate of drug-likeness (QED) is 0.675. The number of allylic oxidation sites excluding steroid dienone is 3. The van der Waals surface area contributed by atoms with Crippen LogP contribution in [0.4, 0.5) is 0 Å². The van der Waals surface area contributed by atoms with Gasteiger partial charge in [0.1, 0.15) is 0 Å². The van der Waals surface area contributed by atoms with Gasteiger partial charge in [-0.05, 0) is 0 Å². The standard InChI is InChI=1S/C13H10Se3/c1-4-12(10-6-2-8-14-10)16-13(5-1)11-7-3-9-15-11/h1-9,12H. The summed E-state index contributed by atoms with van der Waals surface area (Å²) >= 11 is 1.82. The summed E-state index contributed by atoms with van der Waals surface area (Å²) < 4.78 is 4.88. The minimum absolute atomic E-state index is 0.594. The SMILES string of the molecule is C1=CC(c2ccc[se]2)[Se]C(c2ccc[se]2)=C1. The van der Waals surface area contributed by atoms with Gasteiger partial charge in [-0.3, -0.25) is 0 Å². The molecule has 1 aliphatic rings. The molecule has 3 heterocycles. The minimum atomic E-state index is 0.594. The molecule has 0 amide bonds. The number of rotatable bonds is 2. The van der Waals surface area contributed by atoms with Crippen molar-refractivity contribution in [2.75, 3.05) is 0 Å². The summed E-state index contributed by atoms with van der Waals surface area (Å²) in [5.41, 5.74) is 0. The summed E-state index contributed by atoms with van der Waals surface area (Å²) in [4.78, 5) is 5.36. The summed E-state index contributed by atoms with van der Waals surface area (Å²) in [5, 5.41) is 0.